The van der Waals surface area contributed by atoms with E-state index in [9.17, 15) is 4.79 Å². The van der Waals surface area contributed by atoms with Crippen LogP contribution in [0.3, 0.4) is 0 Å². The zero-order valence-corrected chi connectivity index (χ0v) is 14.7. The van der Waals surface area contributed by atoms with Gasteiger partial charge in [-0.05, 0) is 26.0 Å². The second-order valence-corrected chi connectivity index (χ2v) is 6.03. The molecule has 1 aromatic heterocycles. The van der Waals surface area contributed by atoms with E-state index in [-0.39, 0.29) is 17.8 Å². The lowest BCUT2D eigenvalue weighted by atomic mass is 10.3. The van der Waals surface area contributed by atoms with Gasteiger partial charge < -0.3 is 14.0 Å². The third-order valence-corrected chi connectivity index (χ3v) is 4.30. The number of thioether (sulfide) groups is 1. The zero-order valence-electron chi connectivity index (χ0n) is 13.2. The molecule has 0 saturated heterocycles. The lowest BCUT2D eigenvalue weighted by Gasteiger charge is -2.15. The van der Waals surface area contributed by atoms with Crippen molar-refractivity contribution in [1.82, 2.24) is 14.8 Å². The number of halogens is 1. The van der Waals surface area contributed by atoms with Crippen molar-refractivity contribution in [2.24, 2.45) is 7.05 Å². The summed E-state index contributed by atoms with van der Waals surface area (Å²) in [5, 5.41) is 9.39. The van der Waals surface area contributed by atoms with E-state index in [4.69, 9.17) is 21.1 Å². The van der Waals surface area contributed by atoms with Gasteiger partial charge >= 0.3 is 5.97 Å². The average molecular weight is 356 g/mol. The Hall–Kier alpha value is -1.73. The van der Waals surface area contributed by atoms with Crippen LogP contribution in [0.5, 0.6) is 5.75 Å². The minimum Gasteiger partial charge on any atom is -0.481 e. The summed E-state index contributed by atoms with van der Waals surface area (Å²) in [6.45, 7) is 4.01. The lowest BCUT2D eigenvalue weighted by Crippen LogP contribution is -2.11. The number of carbonyl (C=O) groups excluding carboxylic acids is 1. The number of hydrogen-bond donors (Lipinski definition) is 0. The summed E-state index contributed by atoms with van der Waals surface area (Å²) in [5.41, 5.74) is 0. The van der Waals surface area contributed by atoms with Crippen LogP contribution >= 0.6 is 23.4 Å². The van der Waals surface area contributed by atoms with Gasteiger partial charge in [0.05, 0.1) is 17.4 Å². The first-order valence-electron chi connectivity index (χ1n) is 7.11. The Labute approximate surface area is 144 Å². The topological polar surface area (TPSA) is 66.2 Å². The molecule has 6 nitrogen and oxygen atoms in total. The Morgan fingerprint density at radius 2 is 2.13 bits per heavy atom. The summed E-state index contributed by atoms with van der Waals surface area (Å²) in [5.74, 6) is 1.16. The maximum atomic E-state index is 11.4. The van der Waals surface area contributed by atoms with Crippen molar-refractivity contribution in [3.8, 4) is 5.75 Å². The smallest absolute Gasteiger partial charge is 0.316 e. The van der Waals surface area contributed by atoms with Gasteiger partial charge in [-0.15, -0.1) is 10.2 Å². The van der Waals surface area contributed by atoms with E-state index in [0.717, 1.165) is 0 Å². The molecule has 1 aromatic carbocycles. The van der Waals surface area contributed by atoms with E-state index in [1.165, 1.54) is 11.8 Å². The molecule has 23 heavy (non-hydrogen) atoms. The van der Waals surface area contributed by atoms with Crippen LogP contribution in [0.25, 0.3) is 0 Å². The first-order chi connectivity index (χ1) is 11.0. The predicted octanol–water partition coefficient (Wildman–Crippen LogP) is 3.26. The van der Waals surface area contributed by atoms with Crippen LogP contribution in [-0.2, 0) is 16.6 Å². The first-order valence-corrected chi connectivity index (χ1v) is 8.48. The zero-order chi connectivity index (χ0) is 16.8. The van der Waals surface area contributed by atoms with Gasteiger partial charge in [-0.1, -0.05) is 35.5 Å². The fourth-order valence-electron chi connectivity index (χ4n) is 1.92. The minimum absolute atomic E-state index is 0.194. The molecule has 0 aliphatic carbocycles. The molecule has 0 aliphatic heterocycles. The Balaban J connectivity index is 2.03. The van der Waals surface area contributed by atoms with E-state index >= 15 is 0 Å². The van der Waals surface area contributed by atoms with Crippen molar-refractivity contribution in [1.29, 1.82) is 0 Å². The van der Waals surface area contributed by atoms with Crippen LogP contribution in [0.1, 0.15) is 25.8 Å². The molecule has 0 radical (unpaired) electrons. The van der Waals surface area contributed by atoms with Crippen molar-refractivity contribution >= 4 is 29.3 Å². The number of benzene rings is 1. The molecule has 1 heterocycles. The number of para-hydroxylation sites is 1. The van der Waals surface area contributed by atoms with E-state index in [1.807, 2.05) is 26.1 Å². The maximum Gasteiger partial charge on any atom is 0.316 e. The Morgan fingerprint density at radius 3 is 2.83 bits per heavy atom. The van der Waals surface area contributed by atoms with Gasteiger partial charge in [0.2, 0.25) is 0 Å². The highest BCUT2D eigenvalue weighted by atomic mass is 35.5. The summed E-state index contributed by atoms with van der Waals surface area (Å²) in [6.07, 6.45) is -0.329. The van der Waals surface area contributed by atoms with Crippen LogP contribution in [-0.4, -0.2) is 33.1 Å². The van der Waals surface area contributed by atoms with Gasteiger partial charge in [0.25, 0.3) is 0 Å². The third-order valence-electron chi connectivity index (χ3n) is 3.00. The molecule has 0 spiro atoms. The molecule has 2 aromatic rings. The summed E-state index contributed by atoms with van der Waals surface area (Å²) >= 11 is 7.37. The van der Waals surface area contributed by atoms with Gasteiger partial charge in [0.1, 0.15) is 5.75 Å². The molecule has 8 heteroatoms. The maximum absolute atomic E-state index is 11.4. The second-order valence-electron chi connectivity index (χ2n) is 4.68. The van der Waals surface area contributed by atoms with Crippen LogP contribution in [0.4, 0.5) is 0 Å². The van der Waals surface area contributed by atoms with Crippen molar-refractivity contribution in [3.05, 3.63) is 35.1 Å². The van der Waals surface area contributed by atoms with Gasteiger partial charge in [0, 0.05) is 7.05 Å². The van der Waals surface area contributed by atoms with E-state index in [2.05, 4.69) is 10.2 Å². The van der Waals surface area contributed by atoms with Crippen molar-refractivity contribution < 1.29 is 14.3 Å². The van der Waals surface area contributed by atoms with E-state index < -0.39 is 0 Å². The molecule has 2 rings (SSSR count). The summed E-state index contributed by atoms with van der Waals surface area (Å²) in [4.78, 5) is 11.4. The number of esters is 1. The first kappa shape index (κ1) is 17.6. The summed E-state index contributed by atoms with van der Waals surface area (Å²) in [6, 6.07) is 7.25. The largest absolute Gasteiger partial charge is 0.481 e. The molecule has 0 amide bonds. The lowest BCUT2D eigenvalue weighted by molar-refractivity contribution is -0.139. The molecule has 0 saturated carbocycles. The molecular weight excluding hydrogens is 338 g/mol. The van der Waals surface area contributed by atoms with Gasteiger partial charge in [-0.3, -0.25) is 4.79 Å². The molecule has 0 bridgehead atoms. The van der Waals surface area contributed by atoms with Crippen molar-refractivity contribution in [3.63, 3.8) is 0 Å². The Kier molecular flexibility index (Phi) is 6.29. The molecule has 1 atom stereocenters. The normalized spacial score (nSPS) is 12.0. The number of rotatable bonds is 7. The van der Waals surface area contributed by atoms with Crippen LogP contribution in [0.15, 0.2) is 29.4 Å². The highest BCUT2D eigenvalue weighted by molar-refractivity contribution is 7.99. The number of aromatic nitrogens is 3. The van der Waals surface area contributed by atoms with Gasteiger partial charge in [-0.25, -0.2) is 0 Å². The predicted molar refractivity (Wildman–Crippen MR) is 88.9 cm³/mol. The second kappa shape index (κ2) is 8.21. The van der Waals surface area contributed by atoms with Crippen molar-refractivity contribution in [2.45, 2.75) is 25.1 Å². The highest BCUT2D eigenvalue weighted by Gasteiger charge is 2.18. The monoisotopic (exact) mass is 355 g/mol. The molecule has 0 fully saturated rings. The number of ether oxygens (including phenoxy) is 2. The summed E-state index contributed by atoms with van der Waals surface area (Å²) in [7, 11) is 1.83. The fraction of sp³-hybridized carbons (Fsp3) is 0.400. The molecular formula is C15H18ClN3O3S. The molecule has 0 aliphatic rings. The van der Waals surface area contributed by atoms with Gasteiger partial charge in [-0.2, -0.15) is 0 Å². The van der Waals surface area contributed by atoms with Crippen LogP contribution < -0.4 is 4.74 Å². The molecule has 0 N–H and O–H groups in total. The van der Waals surface area contributed by atoms with Crippen molar-refractivity contribution in [2.75, 3.05) is 12.4 Å². The van der Waals surface area contributed by atoms with Crippen LogP contribution in [0, 0.1) is 0 Å². The number of hydrogen-bond acceptors (Lipinski definition) is 6. The standard InChI is InChI=1S/C15H18ClN3O3S/c1-4-21-13(20)9-23-15-18-17-14(19(15)3)10(2)22-12-8-6-5-7-11(12)16/h5-8,10H,4,9H2,1-3H3. The van der Waals surface area contributed by atoms with Gasteiger partial charge in [0.15, 0.2) is 17.1 Å². The van der Waals surface area contributed by atoms with E-state index in [0.29, 0.717) is 28.4 Å². The Morgan fingerprint density at radius 1 is 1.39 bits per heavy atom. The number of carbonyl (C=O) groups is 1. The third kappa shape index (κ3) is 4.62. The average Bonchev–Trinajstić information content (AvgIpc) is 2.89. The minimum atomic E-state index is -0.329. The Bertz CT molecular complexity index is 678. The fourth-order valence-corrected chi connectivity index (χ4v) is 2.81. The SMILES string of the molecule is CCOC(=O)CSc1nnc(C(C)Oc2ccccc2Cl)n1C. The molecule has 124 valence electrons. The highest BCUT2D eigenvalue weighted by Crippen LogP contribution is 2.28. The van der Waals surface area contributed by atoms with E-state index in [1.54, 1.807) is 23.6 Å². The van der Waals surface area contributed by atoms with Crippen LogP contribution in [0.2, 0.25) is 5.02 Å². The quantitative estimate of drug-likeness (QED) is 0.561. The molecule has 1 unspecified atom stereocenters. The number of nitrogens with zero attached hydrogens (tertiary/aromatic N) is 3. The summed E-state index contributed by atoms with van der Waals surface area (Å²) < 4.78 is 12.5.